The third-order valence-corrected chi connectivity index (χ3v) is 5.29. The molecule has 0 aromatic carbocycles. The molecule has 15 heavy (non-hydrogen) atoms. The van der Waals surface area contributed by atoms with Gasteiger partial charge in [-0.25, -0.2) is 0 Å². The van der Waals surface area contributed by atoms with Gasteiger partial charge in [0.25, 0.3) is 0 Å². The summed E-state index contributed by atoms with van der Waals surface area (Å²) in [6, 6.07) is 0. The predicted molar refractivity (Wildman–Crippen MR) is 64.6 cm³/mol. The highest BCUT2D eigenvalue weighted by Crippen LogP contribution is 2.58. The summed E-state index contributed by atoms with van der Waals surface area (Å²) in [5, 5.41) is 0. The first-order valence-electron chi connectivity index (χ1n) is 6.52. The Kier molecular flexibility index (Phi) is 2.09. The van der Waals surface area contributed by atoms with Crippen LogP contribution in [0.1, 0.15) is 46.0 Å². The average molecular weight is 202 g/mol. The van der Waals surface area contributed by atoms with E-state index in [1.165, 1.54) is 32.1 Å². The fraction of sp³-hybridized carbons (Fsp3) is 0.733. The van der Waals surface area contributed by atoms with Crippen molar-refractivity contribution < 1.29 is 0 Å². The summed E-state index contributed by atoms with van der Waals surface area (Å²) < 4.78 is 0. The predicted octanol–water partition coefficient (Wildman–Crippen LogP) is 4.34. The van der Waals surface area contributed by atoms with Gasteiger partial charge in [0, 0.05) is 0 Å². The molecule has 4 atom stereocenters. The third-order valence-electron chi connectivity index (χ3n) is 5.29. The molecule has 0 radical (unpaired) electrons. The molecule has 0 aliphatic heterocycles. The van der Waals surface area contributed by atoms with Gasteiger partial charge in [0.05, 0.1) is 0 Å². The minimum atomic E-state index is 0.636. The van der Waals surface area contributed by atoms with Gasteiger partial charge in [-0.05, 0) is 62.2 Å². The quantitative estimate of drug-likeness (QED) is 0.555. The molecule has 0 aromatic rings. The standard InChI is InChI=1S/C15H22/c1-11-3-6-13(7-4-11)15(2)10-12-5-8-14(15)9-12/h3,5,8,12-14H,4,6-7,9-10H2,1-2H3. The number of allylic oxidation sites excluding steroid dienone is 4. The summed E-state index contributed by atoms with van der Waals surface area (Å²) in [6.45, 7) is 4.85. The lowest BCUT2D eigenvalue weighted by Gasteiger charge is -2.41. The van der Waals surface area contributed by atoms with Crippen LogP contribution < -0.4 is 0 Å². The highest BCUT2D eigenvalue weighted by molar-refractivity contribution is 5.17. The van der Waals surface area contributed by atoms with E-state index >= 15 is 0 Å². The lowest BCUT2D eigenvalue weighted by Crippen LogP contribution is -2.32. The number of hydrogen-bond acceptors (Lipinski definition) is 0. The summed E-state index contributed by atoms with van der Waals surface area (Å²) >= 11 is 0. The molecule has 3 rings (SSSR count). The van der Waals surface area contributed by atoms with E-state index in [2.05, 4.69) is 32.1 Å². The zero-order chi connectivity index (χ0) is 10.5. The largest absolute Gasteiger partial charge is 0.0853 e. The molecule has 82 valence electrons. The molecule has 0 nitrogen and oxygen atoms in total. The van der Waals surface area contributed by atoms with Crippen LogP contribution in [0.4, 0.5) is 0 Å². The van der Waals surface area contributed by atoms with Crippen LogP contribution in [0.3, 0.4) is 0 Å². The van der Waals surface area contributed by atoms with Gasteiger partial charge in [-0.2, -0.15) is 0 Å². The van der Waals surface area contributed by atoms with Crippen molar-refractivity contribution in [2.45, 2.75) is 46.0 Å². The number of hydrogen-bond donors (Lipinski definition) is 0. The number of fused-ring (bicyclic) bond motifs is 2. The van der Waals surface area contributed by atoms with Crippen molar-refractivity contribution in [2.75, 3.05) is 0 Å². The van der Waals surface area contributed by atoms with Gasteiger partial charge in [0.2, 0.25) is 0 Å². The molecule has 3 aliphatic rings. The molecule has 0 heterocycles. The topological polar surface area (TPSA) is 0 Å². The van der Waals surface area contributed by atoms with Crippen LogP contribution in [0.5, 0.6) is 0 Å². The monoisotopic (exact) mass is 202 g/mol. The van der Waals surface area contributed by atoms with Gasteiger partial charge in [0.1, 0.15) is 0 Å². The SMILES string of the molecule is CC1=CCC(C2(C)CC3C=CC2C3)CC1. The maximum absolute atomic E-state index is 2.56. The first kappa shape index (κ1) is 9.69. The van der Waals surface area contributed by atoms with E-state index in [9.17, 15) is 0 Å². The normalized spacial score (nSPS) is 48.4. The van der Waals surface area contributed by atoms with Crippen molar-refractivity contribution >= 4 is 0 Å². The van der Waals surface area contributed by atoms with E-state index in [1.54, 1.807) is 5.57 Å². The fourth-order valence-electron chi connectivity index (χ4n) is 4.16. The second kappa shape index (κ2) is 3.23. The Labute approximate surface area is 93.5 Å². The Morgan fingerprint density at radius 3 is 2.73 bits per heavy atom. The summed E-state index contributed by atoms with van der Waals surface area (Å²) in [5.74, 6) is 2.78. The van der Waals surface area contributed by atoms with Crippen molar-refractivity contribution in [2.24, 2.45) is 23.2 Å². The van der Waals surface area contributed by atoms with Crippen molar-refractivity contribution in [3.8, 4) is 0 Å². The highest BCUT2D eigenvalue weighted by atomic mass is 14.5. The van der Waals surface area contributed by atoms with Crippen LogP contribution in [0.2, 0.25) is 0 Å². The minimum Gasteiger partial charge on any atom is -0.0853 e. The highest BCUT2D eigenvalue weighted by Gasteiger charge is 2.48. The van der Waals surface area contributed by atoms with Crippen LogP contribution in [0, 0.1) is 23.2 Å². The Morgan fingerprint density at radius 2 is 2.20 bits per heavy atom. The fourth-order valence-corrected chi connectivity index (χ4v) is 4.16. The van der Waals surface area contributed by atoms with E-state index in [-0.39, 0.29) is 0 Å². The van der Waals surface area contributed by atoms with Crippen LogP contribution in [0.25, 0.3) is 0 Å². The first-order valence-corrected chi connectivity index (χ1v) is 6.52. The van der Waals surface area contributed by atoms with E-state index in [1.807, 2.05) is 0 Å². The van der Waals surface area contributed by atoms with Crippen LogP contribution in [-0.4, -0.2) is 0 Å². The number of rotatable bonds is 1. The van der Waals surface area contributed by atoms with E-state index in [0.717, 1.165) is 17.8 Å². The Hall–Kier alpha value is -0.520. The Morgan fingerprint density at radius 1 is 1.33 bits per heavy atom. The molecule has 3 aliphatic carbocycles. The Balaban J connectivity index is 1.80. The smallest absolute Gasteiger partial charge is 0.0171 e. The van der Waals surface area contributed by atoms with Crippen LogP contribution in [-0.2, 0) is 0 Å². The second-order valence-electron chi connectivity index (χ2n) is 6.22. The summed E-state index contributed by atoms with van der Waals surface area (Å²) in [6.07, 6.45) is 14.5. The zero-order valence-corrected chi connectivity index (χ0v) is 10.00. The van der Waals surface area contributed by atoms with Crippen LogP contribution in [0.15, 0.2) is 23.8 Å². The van der Waals surface area contributed by atoms with E-state index in [4.69, 9.17) is 0 Å². The van der Waals surface area contributed by atoms with Crippen molar-refractivity contribution in [1.29, 1.82) is 0 Å². The minimum absolute atomic E-state index is 0.636. The van der Waals surface area contributed by atoms with E-state index in [0.29, 0.717) is 5.41 Å². The molecule has 0 amide bonds. The maximum atomic E-state index is 2.56. The van der Waals surface area contributed by atoms with Gasteiger partial charge in [0.15, 0.2) is 0 Å². The molecule has 0 saturated heterocycles. The lowest BCUT2D eigenvalue weighted by atomic mass is 9.64. The Bertz CT molecular complexity index is 323. The molecular formula is C15H22. The van der Waals surface area contributed by atoms with Gasteiger partial charge < -0.3 is 0 Å². The molecule has 1 saturated carbocycles. The molecule has 4 unspecified atom stereocenters. The zero-order valence-electron chi connectivity index (χ0n) is 10.00. The summed E-state index contributed by atoms with van der Waals surface area (Å²) in [4.78, 5) is 0. The van der Waals surface area contributed by atoms with Gasteiger partial charge in [-0.1, -0.05) is 30.7 Å². The molecule has 0 aromatic heterocycles. The lowest BCUT2D eigenvalue weighted by molar-refractivity contribution is 0.131. The molecule has 0 heteroatoms. The van der Waals surface area contributed by atoms with Gasteiger partial charge in [-0.3, -0.25) is 0 Å². The molecular weight excluding hydrogens is 180 g/mol. The molecule has 0 N–H and O–H groups in total. The summed E-state index contributed by atoms with van der Waals surface area (Å²) in [7, 11) is 0. The summed E-state index contributed by atoms with van der Waals surface area (Å²) in [5.41, 5.74) is 2.25. The van der Waals surface area contributed by atoms with Crippen molar-refractivity contribution in [3.63, 3.8) is 0 Å². The second-order valence-corrected chi connectivity index (χ2v) is 6.22. The van der Waals surface area contributed by atoms with E-state index < -0.39 is 0 Å². The van der Waals surface area contributed by atoms with Crippen molar-refractivity contribution in [3.05, 3.63) is 23.8 Å². The van der Waals surface area contributed by atoms with Gasteiger partial charge >= 0.3 is 0 Å². The maximum Gasteiger partial charge on any atom is -0.0171 e. The average Bonchev–Trinajstić information content (AvgIpc) is 2.78. The third kappa shape index (κ3) is 1.41. The molecule has 1 fully saturated rings. The molecule has 0 spiro atoms. The van der Waals surface area contributed by atoms with Crippen LogP contribution >= 0.6 is 0 Å². The first-order chi connectivity index (χ1) is 7.18. The van der Waals surface area contributed by atoms with Crippen molar-refractivity contribution in [1.82, 2.24) is 0 Å². The van der Waals surface area contributed by atoms with Gasteiger partial charge in [-0.15, -0.1) is 0 Å². The molecule has 2 bridgehead atoms.